The molecule has 2 aromatic carbocycles. The highest BCUT2D eigenvalue weighted by Crippen LogP contribution is 2.26. The van der Waals surface area contributed by atoms with E-state index in [1.807, 2.05) is 49.4 Å². The van der Waals surface area contributed by atoms with Crippen molar-refractivity contribution in [2.75, 3.05) is 11.4 Å². The molecule has 0 spiro atoms. The molecule has 1 saturated heterocycles. The number of hydrogen-bond acceptors (Lipinski definition) is 4. The molecule has 3 rings (SSSR count). The largest absolute Gasteiger partial charge is 0.426 e. The maximum absolute atomic E-state index is 12.2. The van der Waals surface area contributed by atoms with Gasteiger partial charge in [-0.25, -0.2) is 0 Å². The van der Waals surface area contributed by atoms with Crippen LogP contribution in [0.25, 0.3) is 0 Å². The zero-order valence-electron chi connectivity index (χ0n) is 13.5. The Kier molecular flexibility index (Phi) is 5.20. The molecule has 0 aromatic heterocycles. The Labute approximate surface area is 145 Å². The van der Waals surface area contributed by atoms with Crippen molar-refractivity contribution in [2.24, 2.45) is 0 Å². The fourth-order valence-corrected chi connectivity index (χ4v) is 3.43. The van der Waals surface area contributed by atoms with Crippen LogP contribution in [0, 0.1) is 0 Å². The van der Waals surface area contributed by atoms with E-state index >= 15 is 0 Å². The van der Waals surface area contributed by atoms with Gasteiger partial charge in [-0.2, -0.15) is 0 Å². The molecule has 1 atom stereocenters. The van der Waals surface area contributed by atoms with Crippen molar-refractivity contribution in [3.05, 3.63) is 54.6 Å². The number of nitrogens with zero attached hydrogens (tertiary/aromatic N) is 1. The highest BCUT2D eigenvalue weighted by molar-refractivity contribution is 8.00. The molecule has 1 fully saturated rings. The van der Waals surface area contributed by atoms with Crippen molar-refractivity contribution in [1.82, 2.24) is 0 Å². The number of amides is 1. The molecule has 1 amide bonds. The average molecular weight is 341 g/mol. The average Bonchev–Trinajstić information content (AvgIpc) is 3.02. The van der Waals surface area contributed by atoms with Gasteiger partial charge >= 0.3 is 5.97 Å². The summed E-state index contributed by atoms with van der Waals surface area (Å²) in [7, 11) is 0. The molecule has 0 N–H and O–H groups in total. The Balaban J connectivity index is 1.59. The maximum Gasteiger partial charge on any atom is 0.324 e. The molecular weight excluding hydrogens is 322 g/mol. The van der Waals surface area contributed by atoms with Crippen molar-refractivity contribution in [2.45, 2.75) is 29.9 Å². The summed E-state index contributed by atoms with van der Waals surface area (Å²) in [5.41, 5.74) is 0.851. The van der Waals surface area contributed by atoms with Crippen LogP contribution in [0.5, 0.6) is 5.75 Å². The van der Waals surface area contributed by atoms with Gasteiger partial charge in [0, 0.05) is 23.5 Å². The van der Waals surface area contributed by atoms with Gasteiger partial charge in [0.15, 0.2) is 0 Å². The van der Waals surface area contributed by atoms with Crippen molar-refractivity contribution in [3.63, 3.8) is 0 Å². The summed E-state index contributed by atoms with van der Waals surface area (Å²) in [6.45, 7) is 2.58. The Bertz CT molecular complexity index is 715. The standard InChI is InChI=1S/C19H19NO3S/c1-14(24-17-6-3-2-4-7-17)19(22)23-16-11-9-15(10-12-16)20-13-5-8-18(20)21/h2-4,6-7,9-12,14H,5,8,13H2,1H3. The zero-order chi connectivity index (χ0) is 16.9. The number of ether oxygens (including phenoxy) is 1. The lowest BCUT2D eigenvalue weighted by atomic mass is 10.3. The van der Waals surface area contributed by atoms with Gasteiger partial charge in [-0.3, -0.25) is 9.59 Å². The van der Waals surface area contributed by atoms with E-state index in [2.05, 4.69) is 0 Å². The zero-order valence-corrected chi connectivity index (χ0v) is 14.3. The first-order chi connectivity index (χ1) is 11.6. The fraction of sp³-hybridized carbons (Fsp3) is 0.263. The predicted octanol–water partition coefficient (Wildman–Crippen LogP) is 3.90. The van der Waals surface area contributed by atoms with E-state index < -0.39 is 0 Å². The predicted molar refractivity (Wildman–Crippen MR) is 95.4 cm³/mol. The summed E-state index contributed by atoms with van der Waals surface area (Å²) in [6, 6.07) is 16.9. The third-order valence-corrected chi connectivity index (χ3v) is 4.92. The van der Waals surface area contributed by atoms with E-state index in [4.69, 9.17) is 4.74 Å². The molecule has 1 heterocycles. The number of carbonyl (C=O) groups excluding carboxylic acids is 2. The summed E-state index contributed by atoms with van der Waals surface area (Å²) >= 11 is 1.47. The van der Waals surface area contributed by atoms with E-state index in [0.29, 0.717) is 12.2 Å². The molecule has 0 bridgehead atoms. The molecule has 0 aliphatic carbocycles. The molecular formula is C19H19NO3S. The van der Waals surface area contributed by atoms with Gasteiger partial charge in [-0.15, -0.1) is 11.8 Å². The van der Waals surface area contributed by atoms with E-state index in [1.165, 1.54) is 11.8 Å². The molecule has 24 heavy (non-hydrogen) atoms. The first kappa shape index (κ1) is 16.6. The Morgan fingerprint density at radius 2 is 1.83 bits per heavy atom. The molecule has 124 valence electrons. The second-order valence-corrected chi connectivity index (χ2v) is 7.05. The molecule has 1 unspecified atom stereocenters. The summed E-state index contributed by atoms with van der Waals surface area (Å²) < 4.78 is 5.43. The van der Waals surface area contributed by atoms with Crippen LogP contribution >= 0.6 is 11.8 Å². The first-order valence-electron chi connectivity index (χ1n) is 7.97. The number of rotatable bonds is 5. The molecule has 0 saturated carbocycles. The van der Waals surface area contributed by atoms with Gasteiger partial charge in [-0.1, -0.05) is 18.2 Å². The van der Waals surface area contributed by atoms with Crippen LogP contribution in [0.3, 0.4) is 0 Å². The van der Waals surface area contributed by atoms with Crippen molar-refractivity contribution in [3.8, 4) is 5.75 Å². The fourth-order valence-electron chi connectivity index (χ4n) is 2.57. The number of anilines is 1. The quantitative estimate of drug-likeness (QED) is 0.470. The van der Waals surface area contributed by atoms with Crippen molar-refractivity contribution in [1.29, 1.82) is 0 Å². The van der Waals surface area contributed by atoms with Crippen LogP contribution < -0.4 is 9.64 Å². The minimum Gasteiger partial charge on any atom is -0.426 e. The minimum absolute atomic E-state index is 0.146. The lowest BCUT2D eigenvalue weighted by Gasteiger charge is -2.16. The van der Waals surface area contributed by atoms with E-state index in [-0.39, 0.29) is 17.1 Å². The third-order valence-electron chi connectivity index (χ3n) is 3.83. The van der Waals surface area contributed by atoms with E-state index in [0.717, 1.165) is 23.5 Å². The highest BCUT2D eigenvalue weighted by Gasteiger charge is 2.22. The van der Waals surface area contributed by atoms with Crippen LogP contribution in [0.1, 0.15) is 19.8 Å². The number of hydrogen-bond donors (Lipinski definition) is 0. The van der Waals surface area contributed by atoms with E-state index in [1.54, 1.807) is 17.0 Å². The van der Waals surface area contributed by atoms with Crippen LogP contribution in [0.2, 0.25) is 0 Å². The second-order valence-electron chi connectivity index (χ2n) is 5.64. The maximum atomic E-state index is 12.2. The molecule has 0 radical (unpaired) electrons. The van der Waals surface area contributed by atoms with E-state index in [9.17, 15) is 9.59 Å². The molecule has 1 aliphatic heterocycles. The SMILES string of the molecule is CC(Sc1ccccc1)C(=O)Oc1ccc(N2CCCC2=O)cc1. The third kappa shape index (κ3) is 3.97. The van der Waals surface area contributed by atoms with Gasteiger partial charge in [-0.05, 0) is 49.7 Å². The Hall–Kier alpha value is -2.27. The van der Waals surface area contributed by atoms with Gasteiger partial charge in [0.05, 0.1) is 0 Å². The summed E-state index contributed by atoms with van der Waals surface area (Å²) in [5.74, 6) is 0.359. The summed E-state index contributed by atoms with van der Waals surface area (Å²) in [6.07, 6.45) is 1.49. The van der Waals surface area contributed by atoms with Crippen LogP contribution in [-0.4, -0.2) is 23.7 Å². The normalized spacial score (nSPS) is 15.4. The Morgan fingerprint density at radius 1 is 1.12 bits per heavy atom. The first-order valence-corrected chi connectivity index (χ1v) is 8.85. The number of esters is 1. The summed E-state index contributed by atoms with van der Waals surface area (Å²) in [4.78, 5) is 26.7. The topological polar surface area (TPSA) is 46.6 Å². The van der Waals surface area contributed by atoms with Gasteiger partial charge < -0.3 is 9.64 Å². The molecule has 1 aliphatic rings. The highest BCUT2D eigenvalue weighted by atomic mass is 32.2. The van der Waals surface area contributed by atoms with Crippen molar-refractivity contribution < 1.29 is 14.3 Å². The smallest absolute Gasteiger partial charge is 0.324 e. The molecule has 5 heteroatoms. The lowest BCUT2D eigenvalue weighted by Crippen LogP contribution is -2.23. The number of benzene rings is 2. The molecule has 2 aromatic rings. The van der Waals surface area contributed by atoms with Crippen molar-refractivity contribution >= 4 is 29.3 Å². The van der Waals surface area contributed by atoms with Crippen LogP contribution in [-0.2, 0) is 9.59 Å². The van der Waals surface area contributed by atoms with Gasteiger partial charge in [0.1, 0.15) is 11.0 Å². The van der Waals surface area contributed by atoms with Crippen LogP contribution in [0.15, 0.2) is 59.5 Å². The Morgan fingerprint density at radius 3 is 2.46 bits per heavy atom. The minimum atomic E-state index is -0.299. The lowest BCUT2D eigenvalue weighted by molar-refractivity contribution is -0.133. The van der Waals surface area contributed by atoms with Crippen LogP contribution in [0.4, 0.5) is 5.69 Å². The monoisotopic (exact) mass is 341 g/mol. The second kappa shape index (κ2) is 7.53. The number of carbonyl (C=O) groups is 2. The number of thioether (sulfide) groups is 1. The van der Waals surface area contributed by atoms with Gasteiger partial charge in [0.25, 0.3) is 0 Å². The van der Waals surface area contributed by atoms with Gasteiger partial charge in [0.2, 0.25) is 5.91 Å². The molecule has 4 nitrogen and oxygen atoms in total. The summed E-state index contributed by atoms with van der Waals surface area (Å²) in [5, 5.41) is -0.299.